The van der Waals surface area contributed by atoms with Gasteiger partial charge in [-0.05, 0) is 18.6 Å². The van der Waals surface area contributed by atoms with Gasteiger partial charge in [0.1, 0.15) is 10.8 Å². The van der Waals surface area contributed by atoms with Crippen LogP contribution >= 0.6 is 11.3 Å². The SMILES string of the molecule is Cc1ncc(NC(=O)C2Cc3ccccc3O2)s1. The van der Waals surface area contributed by atoms with E-state index in [2.05, 4.69) is 10.3 Å². The first kappa shape index (κ1) is 11.2. The second kappa shape index (κ2) is 4.42. The van der Waals surface area contributed by atoms with Gasteiger partial charge in [0.15, 0.2) is 6.10 Å². The minimum atomic E-state index is -0.440. The standard InChI is InChI=1S/C13H12N2O2S/c1-8-14-7-12(18-8)15-13(16)11-6-9-4-2-3-5-10(9)17-11/h2-5,7,11H,6H2,1H3,(H,15,16). The zero-order chi connectivity index (χ0) is 12.5. The van der Waals surface area contributed by atoms with Crippen molar-refractivity contribution in [3.05, 3.63) is 41.0 Å². The molecule has 1 amide bonds. The lowest BCUT2D eigenvalue weighted by Gasteiger charge is -2.09. The van der Waals surface area contributed by atoms with Crippen LogP contribution in [0.25, 0.3) is 0 Å². The number of hydrogen-bond acceptors (Lipinski definition) is 4. The third kappa shape index (κ3) is 2.09. The molecule has 0 spiro atoms. The number of benzene rings is 1. The Kier molecular flexibility index (Phi) is 2.76. The highest BCUT2D eigenvalue weighted by Gasteiger charge is 2.28. The van der Waals surface area contributed by atoms with Gasteiger partial charge in [0.05, 0.1) is 11.2 Å². The van der Waals surface area contributed by atoms with Crippen molar-refractivity contribution in [3.63, 3.8) is 0 Å². The van der Waals surface area contributed by atoms with E-state index in [1.807, 2.05) is 31.2 Å². The lowest BCUT2D eigenvalue weighted by Crippen LogP contribution is -2.31. The Morgan fingerprint density at radius 2 is 2.33 bits per heavy atom. The van der Waals surface area contributed by atoms with Crippen molar-refractivity contribution in [3.8, 4) is 5.75 Å². The number of amides is 1. The van der Waals surface area contributed by atoms with E-state index in [1.54, 1.807) is 6.20 Å². The van der Waals surface area contributed by atoms with Crippen LogP contribution in [-0.2, 0) is 11.2 Å². The number of fused-ring (bicyclic) bond motifs is 1. The fourth-order valence-electron chi connectivity index (χ4n) is 1.95. The van der Waals surface area contributed by atoms with Crippen LogP contribution < -0.4 is 10.1 Å². The average molecular weight is 260 g/mol. The summed E-state index contributed by atoms with van der Waals surface area (Å²) < 4.78 is 5.62. The molecule has 2 heterocycles. The maximum atomic E-state index is 12.0. The Morgan fingerprint density at radius 3 is 3.06 bits per heavy atom. The Morgan fingerprint density at radius 1 is 1.50 bits per heavy atom. The van der Waals surface area contributed by atoms with Crippen LogP contribution in [0.3, 0.4) is 0 Å². The number of hydrogen-bond donors (Lipinski definition) is 1. The number of rotatable bonds is 2. The molecular formula is C13H12N2O2S. The Bertz CT molecular complexity index is 569. The van der Waals surface area contributed by atoms with Gasteiger partial charge in [-0.3, -0.25) is 4.79 Å². The predicted octanol–water partition coefficient (Wildman–Crippen LogP) is 2.39. The first-order chi connectivity index (χ1) is 8.72. The van der Waals surface area contributed by atoms with Crippen LogP contribution in [0.5, 0.6) is 5.75 Å². The van der Waals surface area contributed by atoms with Gasteiger partial charge in [-0.2, -0.15) is 0 Å². The van der Waals surface area contributed by atoms with E-state index in [-0.39, 0.29) is 5.91 Å². The fourth-order valence-corrected chi connectivity index (χ4v) is 2.63. The highest BCUT2D eigenvalue weighted by atomic mass is 32.1. The van der Waals surface area contributed by atoms with E-state index in [0.717, 1.165) is 21.3 Å². The summed E-state index contributed by atoms with van der Waals surface area (Å²) in [5.74, 6) is 0.688. The number of ether oxygens (including phenoxy) is 1. The van der Waals surface area contributed by atoms with Crippen molar-refractivity contribution in [1.82, 2.24) is 4.98 Å². The van der Waals surface area contributed by atoms with Crippen molar-refractivity contribution in [2.45, 2.75) is 19.4 Å². The smallest absolute Gasteiger partial charge is 0.266 e. The van der Waals surface area contributed by atoms with Crippen molar-refractivity contribution in [2.24, 2.45) is 0 Å². The minimum absolute atomic E-state index is 0.116. The van der Waals surface area contributed by atoms with Gasteiger partial charge in [-0.15, -0.1) is 11.3 Å². The van der Waals surface area contributed by atoms with Crippen molar-refractivity contribution in [2.75, 3.05) is 5.32 Å². The van der Waals surface area contributed by atoms with Crippen LogP contribution in [-0.4, -0.2) is 17.0 Å². The van der Waals surface area contributed by atoms with E-state index in [9.17, 15) is 4.79 Å². The van der Waals surface area contributed by atoms with E-state index in [0.29, 0.717) is 6.42 Å². The quantitative estimate of drug-likeness (QED) is 0.902. The lowest BCUT2D eigenvalue weighted by atomic mass is 10.1. The number of aryl methyl sites for hydroxylation is 1. The monoisotopic (exact) mass is 260 g/mol. The molecule has 0 fully saturated rings. The summed E-state index contributed by atoms with van der Waals surface area (Å²) in [5, 5.41) is 4.52. The summed E-state index contributed by atoms with van der Waals surface area (Å²) >= 11 is 1.46. The van der Waals surface area contributed by atoms with Crippen LogP contribution in [0.2, 0.25) is 0 Å². The highest BCUT2D eigenvalue weighted by Crippen LogP contribution is 2.29. The Balaban J connectivity index is 1.69. The summed E-state index contributed by atoms with van der Waals surface area (Å²) in [5.41, 5.74) is 1.08. The van der Waals surface area contributed by atoms with E-state index in [4.69, 9.17) is 4.74 Å². The zero-order valence-corrected chi connectivity index (χ0v) is 10.7. The summed E-state index contributed by atoms with van der Waals surface area (Å²) in [4.78, 5) is 16.1. The molecule has 92 valence electrons. The molecule has 4 nitrogen and oxygen atoms in total. The summed E-state index contributed by atoms with van der Waals surface area (Å²) in [6.45, 7) is 1.91. The van der Waals surface area contributed by atoms with Crippen molar-refractivity contribution < 1.29 is 9.53 Å². The number of anilines is 1. The molecule has 3 rings (SSSR count). The normalized spacial score (nSPS) is 17.1. The zero-order valence-electron chi connectivity index (χ0n) is 9.84. The number of nitrogens with one attached hydrogen (secondary N) is 1. The second-order valence-corrected chi connectivity index (χ2v) is 5.39. The minimum Gasteiger partial charge on any atom is -0.480 e. The Hall–Kier alpha value is -1.88. The molecule has 1 aromatic carbocycles. The second-order valence-electron chi connectivity index (χ2n) is 4.15. The van der Waals surface area contributed by atoms with Gasteiger partial charge in [0, 0.05) is 6.42 Å². The lowest BCUT2D eigenvalue weighted by molar-refractivity contribution is -0.122. The third-order valence-corrected chi connectivity index (χ3v) is 3.64. The number of thiazole rings is 1. The first-order valence-electron chi connectivity index (χ1n) is 5.70. The van der Waals surface area contributed by atoms with Crippen LogP contribution in [0.1, 0.15) is 10.6 Å². The molecule has 2 aromatic rings. The molecule has 1 aromatic heterocycles. The van der Waals surface area contributed by atoms with Gasteiger partial charge in [-0.25, -0.2) is 4.98 Å². The van der Waals surface area contributed by atoms with Gasteiger partial charge in [-0.1, -0.05) is 18.2 Å². The molecule has 5 heteroatoms. The number of carbonyl (C=O) groups is 1. The molecule has 1 aliphatic heterocycles. The summed E-state index contributed by atoms with van der Waals surface area (Å²) in [7, 11) is 0. The number of carbonyl (C=O) groups excluding carboxylic acids is 1. The van der Waals surface area contributed by atoms with Gasteiger partial charge in [0.25, 0.3) is 5.91 Å². The van der Waals surface area contributed by atoms with E-state index in [1.165, 1.54) is 11.3 Å². The first-order valence-corrected chi connectivity index (χ1v) is 6.52. The molecular weight excluding hydrogens is 248 g/mol. The number of aromatic nitrogens is 1. The maximum absolute atomic E-state index is 12.0. The largest absolute Gasteiger partial charge is 0.480 e. The van der Waals surface area contributed by atoms with Gasteiger partial charge in [0.2, 0.25) is 0 Å². The molecule has 0 saturated heterocycles. The fraction of sp³-hybridized carbons (Fsp3) is 0.231. The van der Waals surface area contributed by atoms with E-state index < -0.39 is 6.10 Å². The molecule has 1 atom stereocenters. The summed E-state index contributed by atoms with van der Waals surface area (Å²) in [6.07, 6.45) is 1.85. The molecule has 0 bridgehead atoms. The number of para-hydroxylation sites is 1. The van der Waals surface area contributed by atoms with Gasteiger partial charge < -0.3 is 10.1 Å². The summed E-state index contributed by atoms with van der Waals surface area (Å²) in [6, 6.07) is 7.74. The van der Waals surface area contributed by atoms with Crippen molar-refractivity contribution >= 4 is 22.2 Å². The van der Waals surface area contributed by atoms with Crippen LogP contribution in [0, 0.1) is 6.92 Å². The molecule has 0 aliphatic carbocycles. The average Bonchev–Trinajstić information content (AvgIpc) is 2.95. The molecule has 18 heavy (non-hydrogen) atoms. The van der Waals surface area contributed by atoms with E-state index >= 15 is 0 Å². The highest BCUT2D eigenvalue weighted by molar-refractivity contribution is 7.15. The Labute approximate surface area is 109 Å². The van der Waals surface area contributed by atoms with Crippen LogP contribution in [0.15, 0.2) is 30.5 Å². The predicted molar refractivity (Wildman–Crippen MR) is 70.0 cm³/mol. The topological polar surface area (TPSA) is 51.2 Å². The molecule has 0 saturated carbocycles. The van der Waals surface area contributed by atoms with Crippen LogP contribution in [0.4, 0.5) is 5.00 Å². The molecule has 1 unspecified atom stereocenters. The molecule has 0 radical (unpaired) electrons. The third-order valence-electron chi connectivity index (χ3n) is 2.81. The van der Waals surface area contributed by atoms with Gasteiger partial charge >= 0.3 is 0 Å². The molecule has 1 N–H and O–H groups in total. The van der Waals surface area contributed by atoms with Crippen molar-refractivity contribution in [1.29, 1.82) is 0 Å². The maximum Gasteiger partial charge on any atom is 0.266 e. The number of nitrogens with zero attached hydrogens (tertiary/aromatic N) is 1. The molecule has 1 aliphatic rings.